The van der Waals surface area contributed by atoms with Crippen LogP contribution < -0.4 is 4.72 Å². The zero-order valence-corrected chi connectivity index (χ0v) is 13.3. The van der Waals surface area contributed by atoms with Crippen molar-refractivity contribution >= 4 is 19.9 Å². The molecule has 0 radical (unpaired) electrons. The number of rotatable bonds is 5. The van der Waals surface area contributed by atoms with Crippen molar-refractivity contribution in [3.8, 4) is 6.07 Å². The number of sulfonamides is 1. The van der Waals surface area contributed by atoms with Crippen molar-refractivity contribution in [3.05, 3.63) is 24.0 Å². The smallest absolute Gasteiger partial charge is 0.224 e. The third kappa shape index (κ3) is 4.23. The van der Waals surface area contributed by atoms with Crippen LogP contribution in [0.15, 0.2) is 28.0 Å². The Morgan fingerprint density at radius 2 is 1.81 bits per heavy atom. The first-order valence-corrected chi connectivity index (χ1v) is 9.28. The molecule has 1 atom stereocenters. The lowest BCUT2D eigenvalue weighted by molar-refractivity contribution is 0.508. The van der Waals surface area contributed by atoms with Gasteiger partial charge in [0.05, 0.1) is 11.0 Å². The van der Waals surface area contributed by atoms with Crippen LogP contribution in [0.5, 0.6) is 0 Å². The van der Waals surface area contributed by atoms with Gasteiger partial charge in [-0.25, -0.2) is 21.2 Å². The molecule has 6 nitrogen and oxygen atoms in total. The largest absolute Gasteiger partial charge is 0.244 e. The van der Waals surface area contributed by atoms with Crippen LogP contribution in [-0.2, 0) is 19.9 Å². The van der Waals surface area contributed by atoms with Gasteiger partial charge < -0.3 is 0 Å². The summed E-state index contributed by atoms with van der Waals surface area (Å²) in [4.78, 5) is -1.12. The van der Waals surface area contributed by atoms with E-state index in [-0.39, 0.29) is 10.8 Å². The zero-order chi connectivity index (χ0) is 16.4. The van der Waals surface area contributed by atoms with Gasteiger partial charge in [-0.05, 0) is 24.1 Å². The molecule has 0 aliphatic heterocycles. The van der Waals surface area contributed by atoms with Crippen LogP contribution >= 0.6 is 0 Å². The Kier molecular flexibility index (Phi) is 5.09. The predicted molar refractivity (Wildman–Crippen MR) is 74.1 cm³/mol. The van der Waals surface area contributed by atoms with Gasteiger partial charge in [-0.3, -0.25) is 0 Å². The molecule has 0 saturated heterocycles. The highest BCUT2D eigenvalue weighted by atomic mass is 32.2. The highest BCUT2D eigenvalue weighted by molar-refractivity contribution is 7.91. The van der Waals surface area contributed by atoms with E-state index in [0.717, 1.165) is 24.5 Å². The normalized spacial score (nSPS) is 13.9. The molecule has 0 spiro atoms. The Bertz CT molecular complexity index is 780. The molecule has 0 aliphatic rings. The lowest BCUT2D eigenvalue weighted by atomic mass is 10.1. The summed E-state index contributed by atoms with van der Waals surface area (Å²) in [7, 11) is -8.02. The Hall–Kier alpha value is -1.50. The Labute approximate surface area is 123 Å². The summed E-state index contributed by atoms with van der Waals surface area (Å²) in [5, 5.41) is 8.89. The number of sulfone groups is 1. The number of nitrogens with one attached hydrogen (secondary N) is 1. The minimum absolute atomic E-state index is 0.317. The maximum absolute atomic E-state index is 13.7. The van der Waals surface area contributed by atoms with E-state index in [1.165, 1.54) is 0 Å². The zero-order valence-electron chi connectivity index (χ0n) is 11.7. The molecule has 0 fully saturated rings. The van der Waals surface area contributed by atoms with Gasteiger partial charge in [-0.1, -0.05) is 13.8 Å². The van der Waals surface area contributed by atoms with Crippen molar-refractivity contribution < 1.29 is 21.2 Å². The van der Waals surface area contributed by atoms with Crippen LogP contribution in [0, 0.1) is 23.1 Å². The first-order valence-electron chi connectivity index (χ1n) is 5.90. The van der Waals surface area contributed by atoms with Crippen molar-refractivity contribution in [2.45, 2.75) is 29.7 Å². The van der Waals surface area contributed by atoms with Gasteiger partial charge in [0, 0.05) is 6.26 Å². The fraction of sp³-hybridized carbons (Fsp3) is 0.417. The average molecular weight is 334 g/mol. The molecule has 0 bridgehead atoms. The molecule has 0 aromatic heterocycles. The summed E-state index contributed by atoms with van der Waals surface area (Å²) in [5.41, 5.74) is 0. The number of halogens is 1. The molecule has 1 unspecified atom stereocenters. The topological polar surface area (TPSA) is 104 Å². The minimum Gasteiger partial charge on any atom is -0.224 e. The molecule has 1 N–H and O–H groups in total. The second kappa shape index (κ2) is 6.09. The van der Waals surface area contributed by atoms with E-state index >= 15 is 0 Å². The maximum atomic E-state index is 13.7. The number of benzene rings is 1. The van der Waals surface area contributed by atoms with E-state index in [1.54, 1.807) is 19.9 Å². The molecule has 0 amide bonds. The highest BCUT2D eigenvalue weighted by Gasteiger charge is 2.26. The van der Waals surface area contributed by atoms with E-state index in [9.17, 15) is 21.2 Å². The van der Waals surface area contributed by atoms with Crippen LogP contribution in [0.4, 0.5) is 4.39 Å². The van der Waals surface area contributed by atoms with Crippen LogP contribution in [0.2, 0.25) is 0 Å². The summed E-state index contributed by atoms with van der Waals surface area (Å²) < 4.78 is 62.8. The molecule has 0 aliphatic carbocycles. The second-order valence-corrected chi connectivity index (χ2v) is 8.53. The monoisotopic (exact) mass is 334 g/mol. The summed E-state index contributed by atoms with van der Waals surface area (Å²) in [6.07, 6.45) is 0.885. The molecule has 1 aromatic rings. The Morgan fingerprint density at radius 3 is 2.24 bits per heavy atom. The standard InChI is InChI=1S/C12H15FN2O4S2/c1-8(2)11(7-14)15-21(18,19)12-6-9(20(3,16)17)4-5-10(12)13/h4-6,8,11,15H,1-3H3. The minimum atomic E-state index is -4.34. The van der Waals surface area contributed by atoms with Gasteiger partial charge in [-0.15, -0.1) is 0 Å². The van der Waals surface area contributed by atoms with Crippen molar-refractivity contribution in [1.29, 1.82) is 5.26 Å². The highest BCUT2D eigenvalue weighted by Crippen LogP contribution is 2.20. The summed E-state index contributed by atoms with van der Waals surface area (Å²) in [5.74, 6) is -1.42. The predicted octanol–water partition coefficient (Wildman–Crippen LogP) is 1.06. The molecule has 0 saturated carbocycles. The number of nitrogens with zero attached hydrogens (tertiary/aromatic N) is 1. The van der Waals surface area contributed by atoms with Crippen LogP contribution in [-0.4, -0.2) is 29.1 Å². The SMILES string of the molecule is CC(C)C(C#N)NS(=O)(=O)c1cc(S(C)(=O)=O)ccc1F. The van der Waals surface area contributed by atoms with E-state index in [1.807, 2.05) is 0 Å². The molecule has 9 heteroatoms. The van der Waals surface area contributed by atoms with Crippen molar-refractivity contribution in [1.82, 2.24) is 4.72 Å². The van der Waals surface area contributed by atoms with E-state index in [2.05, 4.69) is 4.72 Å². The molecular weight excluding hydrogens is 319 g/mol. The van der Waals surface area contributed by atoms with Crippen molar-refractivity contribution in [3.63, 3.8) is 0 Å². The second-order valence-electron chi connectivity index (χ2n) is 4.84. The summed E-state index contributed by atoms with van der Waals surface area (Å²) in [6, 6.07) is 3.20. The van der Waals surface area contributed by atoms with E-state index < -0.39 is 36.6 Å². The maximum Gasteiger partial charge on any atom is 0.244 e. The van der Waals surface area contributed by atoms with Gasteiger partial charge in [0.1, 0.15) is 16.8 Å². The van der Waals surface area contributed by atoms with Crippen LogP contribution in [0.3, 0.4) is 0 Å². The Balaban J connectivity index is 3.36. The van der Waals surface area contributed by atoms with Gasteiger partial charge in [-0.2, -0.15) is 9.98 Å². The number of hydrogen-bond acceptors (Lipinski definition) is 5. The molecule has 1 rings (SSSR count). The van der Waals surface area contributed by atoms with Crippen molar-refractivity contribution in [2.24, 2.45) is 5.92 Å². The number of nitriles is 1. The molecule has 21 heavy (non-hydrogen) atoms. The Morgan fingerprint density at radius 1 is 1.24 bits per heavy atom. The van der Waals surface area contributed by atoms with Gasteiger partial charge in [0.25, 0.3) is 0 Å². The number of hydrogen-bond donors (Lipinski definition) is 1. The molecule has 1 aromatic carbocycles. The fourth-order valence-corrected chi connectivity index (χ4v) is 3.58. The third-order valence-electron chi connectivity index (χ3n) is 2.71. The van der Waals surface area contributed by atoms with Gasteiger partial charge in [0.15, 0.2) is 9.84 Å². The van der Waals surface area contributed by atoms with E-state index in [4.69, 9.17) is 5.26 Å². The van der Waals surface area contributed by atoms with Crippen LogP contribution in [0.25, 0.3) is 0 Å². The first kappa shape index (κ1) is 17.6. The van der Waals surface area contributed by atoms with Gasteiger partial charge in [0.2, 0.25) is 10.0 Å². The molecular formula is C12H15FN2O4S2. The summed E-state index contributed by atoms with van der Waals surface area (Å²) >= 11 is 0. The third-order valence-corrected chi connectivity index (χ3v) is 5.27. The summed E-state index contributed by atoms with van der Waals surface area (Å²) in [6.45, 7) is 3.25. The quantitative estimate of drug-likeness (QED) is 0.811. The first-order chi connectivity index (χ1) is 9.49. The van der Waals surface area contributed by atoms with Gasteiger partial charge >= 0.3 is 0 Å². The lowest BCUT2D eigenvalue weighted by Crippen LogP contribution is -2.37. The average Bonchev–Trinajstić information content (AvgIpc) is 2.34. The molecule has 0 heterocycles. The molecule has 116 valence electrons. The van der Waals surface area contributed by atoms with Crippen LogP contribution in [0.1, 0.15) is 13.8 Å². The van der Waals surface area contributed by atoms with Crippen molar-refractivity contribution in [2.75, 3.05) is 6.26 Å². The van der Waals surface area contributed by atoms with E-state index in [0.29, 0.717) is 0 Å². The fourth-order valence-electron chi connectivity index (χ4n) is 1.46. The lowest BCUT2D eigenvalue weighted by Gasteiger charge is -2.15.